The standard InChI is InChI=1S/C12H17N5O/c1-9-14-15-12-11(13-4-6-17(9)12)16-5-2-3-10(7-16)8-18/h4,6,10,18H,2-3,5,7-8H2,1H3. The number of aliphatic hydroxyl groups excluding tert-OH is 1. The first kappa shape index (κ1) is 11.4. The van der Waals surface area contributed by atoms with Crippen LogP contribution in [0.15, 0.2) is 12.4 Å². The molecule has 1 N–H and O–H groups in total. The van der Waals surface area contributed by atoms with E-state index < -0.39 is 0 Å². The predicted molar refractivity (Wildman–Crippen MR) is 67.5 cm³/mol. The molecule has 1 fully saturated rings. The van der Waals surface area contributed by atoms with Gasteiger partial charge in [-0.2, -0.15) is 0 Å². The van der Waals surface area contributed by atoms with Gasteiger partial charge in [0.25, 0.3) is 0 Å². The quantitative estimate of drug-likeness (QED) is 0.843. The molecule has 96 valence electrons. The van der Waals surface area contributed by atoms with E-state index in [2.05, 4.69) is 20.1 Å². The van der Waals surface area contributed by atoms with Gasteiger partial charge in [-0.15, -0.1) is 10.2 Å². The van der Waals surface area contributed by atoms with E-state index in [4.69, 9.17) is 0 Å². The Balaban J connectivity index is 1.98. The van der Waals surface area contributed by atoms with Crippen LogP contribution in [-0.4, -0.2) is 44.4 Å². The number of aryl methyl sites for hydroxylation is 1. The highest BCUT2D eigenvalue weighted by molar-refractivity contribution is 5.63. The second-order valence-corrected chi connectivity index (χ2v) is 4.83. The number of aliphatic hydroxyl groups is 1. The van der Waals surface area contributed by atoms with E-state index in [0.717, 1.165) is 43.2 Å². The molecule has 1 saturated heterocycles. The van der Waals surface area contributed by atoms with E-state index in [1.165, 1.54) is 0 Å². The molecule has 0 radical (unpaired) electrons. The Labute approximate surface area is 105 Å². The number of hydrogen-bond donors (Lipinski definition) is 1. The summed E-state index contributed by atoms with van der Waals surface area (Å²) in [4.78, 5) is 6.64. The van der Waals surface area contributed by atoms with Crippen LogP contribution in [0.3, 0.4) is 0 Å². The Bertz CT molecular complexity index is 552. The van der Waals surface area contributed by atoms with Crippen molar-refractivity contribution in [2.45, 2.75) is 19.8 Å². The van der Waals surface area contributed by atoms with Crippen molar-refractivity contribution in [2.75, 3.05) is 24.6 Å². The van der Waals surface area contributed by atoms with Crippen LogP contribution < -0.4 is 4.90 Å². The van der Waals surface area contributed by atoms with Crippen molar-refractivity contribution < 1.29 is 5.11 Å². The highest BCUT2D eigenvalue weighted by Crippen LogP contribution is 2.24. The van der Waals surface area contributed by atoms with E-state index in [-0.39, 0.29) is 6.61 Å². The van der Waals surface area contributed by atoms with Crippen molar-refractivity contribution in [2.24, 2.45) is 5.92 Å². The molecule has 1 aliphatic rings. The third-order valence-corrected chi connectivity index (χ3v) is 3.56. The summed E-state index contributed by atoms with van der Waals surface area (Å²) in [6.45, 7) is 3.98. The molecular weight excluding hydrogens is 230 g/mol. The van der Waals surface area contributed by atoms with E-state index in [0.29, 0.717) is 5.92 Å². The molecule has 0 bridgehead atoms. The van der Waals surface area contributed by atoms with Gasteiger partial charge in [0, 0.05) is 32.1 Å². The zero-order valence-electron chi connectivity index (χ0n) is 10.5. The number of rotatable bonds is 2. The van der Waals surface area contributed by atoms with Gasteiger partial charge in [0.2, 0.25) is 5.65 Å². The summed E-state index contributed by atoms with van der Waals surface area (Å²) in [5, 5.41) is 17.6. The second kappa shape index (κ2) is 4.53. The van der Waals surface area contributed by atoms with Crippen molar-refractivity contribution >= 4 is 11.5 Å². The lowest BCUT2D eigenvalue weighted by molar-refractivity contribution is 0.208. The highest BCUT2D eigenvalue weighted by Gasteiger charge is 2.22. The van der Waals surface area contributed by atoms with Crippen molar-refractivity contribution in [1.29, 1.82) is 0 Å². The minimum absolute atomic E-state index is 0.241. The zero-order valence-corrected chi connectivity index (χ0v) is 10.5. The number of hydrogen-bond acceptors (Lipinski definition) is 5. The molecule has 6 nitrogen and oxygen atoms in total. The first-order valence-corrected chi connectivity index (χ1v) is 6.31. The van der Waals surface area contributed by atoms with Crippen molar-refractivity contribution in [1.82, 2.24) is 19.6 Å². The average molecular weight is 247 g/mol. The lowest BCUT2D eigenvalue weighted by Gasteiger charge is -2.32. The fourth-order valence-electron chi connectivity index (χ4n) is 2.56. The molecule has 0 aromatic carbocycles. The lowest BCUT2D eigenvalue weighted by atomic mass is 9.99. The summed E-state index contributed by atoms with van der Waals surface area (Å²) in [6, 6.07) is 0. The maximum atomic E-state index is 9.29. The van der Waals surface area contributed by atoms with Crippen LogP contribution >= 0.6 is 0 Å². The summed E-state index contributed by atoms with van der Waals surface area (Å²) < 4.78 is 1.95. The molecule has 1 atom stereocenters. The number of nitrogens with zero attached hydrogens (tertiary/aromatic N) is 5. The fourth-order valence-corrected chi connectivity index (χ4v) is 2.56. The summed E-state index contributed by atoms with van der Waals surface area (Å²) in [5.41, 5.74) is 0.800. The number of piperidine rings is 1. The van der Waals surface area contributed by atoms with E-state index >= 15 is 0 Å². The first-order chi connectivity index (χ1) is 8.79. The zero-order chi connectivity index (χ0) is 12.5. The maximum Gasteiger partial charge on any atom is 0.203 e. The molecule has 2 aromatic rings. The second-order valence-electron chi connectivity index (χ2n) is 4.83. The first-order valence-electron chi connectivity index (χ1n) is 6.31. The average Bonchev–Trinajstić information content (AvgIpc) is 2.81. The Morgan fingerprint density at radius 1 is 1.44 bits per heavy atom. The van der Waals surface area contributed by atoms with Gasteiger partial charge in [0.1, 0.15) is 5.82 Å². The SMILES string of the molecule is Cc1nnc2c(N3CCCC(CO)C3)nccn12. The Hall–Kier alpha value is -1.69. The van der Waals surface area contributed by atoms with Gasteiger partial charge < -0.3 is 10.0 Å². The third-order valence-electron chi connectivity index (χ3n) is 3.56. The van der Waals surface area contributed by atoms with Gasteiger partial charge in [0.15, 0.2) is 5.82 Å². The monoisotopic (exact) mass is 247 g/mol. The number of aromatic nitrogens is 4. The molecular formula is C12H17N5O. The van der Waals surface area contributed by atoms with Crippen molar-refractivity contribution in [3.05, 3.63) is 18.2 Å². The Morgan fingerprint density at radius 2 is 2.33 bits per heavy atom. The smallest absolute Gasteiger partial charge is 0.203 e. The van der Waals surface area contributed by atoms with Crippen LogP contribution in [0.1, 0.15) is 18.7 Å². The summed E-state index contributed by atoms with van der Waals surface area (Å²) in [5.74, 6) is 2.07. The molecule has 3 heterocycles. The van der Waals surface area contributed by atoms with E-state index in [1.807, 2.05) is 17.5 Å². The topological polar surface area (TPSA) is 66.5 Å². The molecule has 6 heteroatoms. The van der Waals surface area contributed by atoms with Gasteiger partial charge in [0.05, 0.1) is 0 Å². The van der Waals surface area contributed by atoms with Gasteiger partial charge in [-0.3, -0.25) is 4.40 Å². The largest absolute Gasteiger partial charge is 0.396 e. The Kier molecular flexibility index (Phi) is 2.87. The van der Waals surface area contributed by atoms with Gasteiger partial charge in [-0.05, 0) is 25.7 Å². The number of anilines is 1. The van der Waals surface area contributed by atoms with E-state index in [9.17, 15) is 5.11 Å². The highest BCUT2D eigenvalue weighted by atomic mass is 16.3. The van der Waals surface area contributed by atoms with Crippen molar-refractivity contribution in [3.63, 3.8) is 0 Å². The van der Waals surface area contributed by atoms with Crippen LogP contribution in [0.25, 0.3) is 5.65 Å². The lowest BCUT2D eigenvalue weighted by Crippen LogP contribution is -2.37. The van der Waals surface area contributed by atoms with Crippen LogP contribution in [0, 0.1) is 12.8 Å². The Morgan fingerprint density at radius 3 is 3.17 bits per heavy atom. The normalized spacial score (nSPS) is 20.6. The molecule has 18 heavy (non-hydrogen) atoms. The number of fused-ring (bicyclic) bond motifs is 1. The molecule has 1 aliphatic heterocycles. The summed E-state index contributed by atoms with van der Waals surface area (Å²) in [6.07, 6.45) is 5.83. The molecule has 0 amide bonds. The molecule has 1 unspecified atom stereocenters. The molecule has 0 aliphatic carbocycles. The van der Waals surface area contributed by atoms with Crippen molar-refractivity contribution in [3.8, 4) is 0 Å². The summed E-state index contributed by atoms with van der Waals surface area (Å²) >= 11 is 0. The third kappa shape index (κ3) is 1.82. The molecule has 0 saturated carbocycles. The summed E-state index contributed by atoms with van der Waals surface area (Å²) in [7, 11) is 0. The van der Waals surface area contributed by atoms with Crippen LogP contribution in [0.5, 0.6) is 0 Å². The predicted octanol–water partition coefficient (Wildman–Crippen LogP) is 0.641. The van der Waals surface area contributed by atoms with Crippen LogP contribution in [0.4, 0.5) is 5.82 Å². The van der Waals surface area contributed by atoms with Crippen LogP contribution in [0.2, 0.25) is 0 Å². The van der Waals surface area contributed by atoms with Gasteiger partial charge in [-0.1, -0.05) is 0 Å². The van der Waals surface area contributed by atoms with Gasteiger partial charge in [-0.25, -0.2) is 4.98 Å². The van der Waals surface area contributed by atoms with E-state index in [1.54, 1.807) is 6.20 Å². The maximum absolute atomic E-state index is 9.29. The molecule has 0 spiro atoms. The van der Waals surface area contributed by atoms with Crippen LogP contribution in [-0.2, 0) is 0 Å². The molecule has 2 aromatic heterocycles. The minimum Gasteiger partial charge on any atom is -0.396 e. The van der Waals surface area contributed by atoms with Gasteiger partial charge >= 0.3 is 0 Å². The fraction of sp³-hybridized carbons (Fsp3) is 0.583. The minimum atomic E-state index is 0.241. The molecule has 3 rings (SSSR count).